The van der Waals surface area contributed by atoms with Crippen molar-refractivity contribution in [3.05, 3.63) is 24.2 Å². The lowest BCUT2D eigenvalue weighted by Crippen LogP contribution is -2.49. The van der Waals surface area contributed by atoms with Crippen molar-refractivity contribution in [2.24, 2.45) is 0 Å². The van der Waals surface area contributed by atoms with Gasteiger partial charge in [0.15, 0.2) is 5.76 Å². The van der Waals surface area contributed by atoms with Crippen LogP contribution in [0.25, 0.3) is 0 Å². The average molecular weight is 298 g/mol. The normalized spacial score (nSPS) is 11.7. The van der Waals surface area contributed by atoms with Crippen molar-refractivity contribution in [2.45, 2.75) is 13.0 Å². The van der Waals surface area contributed by atoms with Crippen molar-refractivity contribution in [1.29, 1.82) is 0 Å². The SMILES string of the molecule is COCCN(CC(=O)O)C(=O)C(C)NC(=O)c1ccco1. The Morgan fingerprint density at radius 3 is 2.71 bits per heavy atom. The molecule has 2 amide bonds. The zero-order valence-electron chi connectivity index (χ0n) is 11.9. The Labute approximate surface area is 121 Å². The Balaban J connectivity index is 2.64. The summed E-state index contributed by atoms with van der Waals surface area (Å²) in [5, 5.41) is 11.3. The summed E-state index contributed by atoms with van der Waals surface area (Å²) < 4.78 is 9.75. The molecular formula is C13H18N2O6. The van der Waals surface area contributed by atoms with Gasteiger partial charge in [-0.15, -0.1) is 0 Å². The van der Waals surface area contributed by atoms with Crippen LogP contribution in [0.3, 0.4) is 0 Å². The standard InChI is InChI=1S/C13H18N2O6/c1-9(14-12(18)10-4-3-6-21-10)13(19)15(5-7-20-2)8-11(16)17/h3-4,6,9H,5,7-8H2,1-2H3,(H,14,18)(H,16,17). The number of carboxylic acid groups (broad SMARTS) is 1. The smallest absolute Gasteiger partial charge is 0.323 e. The molecule has 0 spiro atoms. The van der Waals surface area contributed by atoms with Crippen LogP contribution in [-0.2, 0) is 14.3 Å². The molecule has 0 aliphatic carbocycles. The topological polar surface area (TPSA) is 109 Å². The molecule has 0 aliphatic rings. The summed E-state index contributed by atoms with van der Waals surface area (Å²) in [4.78, 5) is 35.8. The van der Waals surface area contributed by atoms with Gasteiger partial charge in [-0.25, -0.2) is 0 Å². The Kier molecular flexibility index (Phi) is 6.41. The van der Waals surface area contributed by atoms with Crippen LogP contribution in [0.2, 0.25) is 0 Å². The van der Waals surface area contributed by atoms with Crippen LogP contribution in [0.15, 0.2) is 22.8 Å². The lowest BCUT2D eigenvalue weighted by atomic mass is 10.2. The van der Waals surface area contributed by atoms with E-state index in [0.717, 1.165) is 4.90 Å². The minimum atomic E-state index is -1.14. The zero-order valence-corrected chi connectivity index (χ0v) is 11.9. The minimum Gasteiger partial charge on any atom is -0.480 e. The van der Waals surface area contributed by atoms with Gasteiger partial charge in [0, 0.05) is 13.7 Å². The van der Waals surface area contributed by atoms with Crippen LogP contribution in [-0.4, -0.2) is 60.6 Å². The Bertz CT molecular complexity index is 485. The van der Waals surface area contributed by atoms with Gasteiger partial charge >= 0.3 is 5.97 Å². The molecule has 2 N–H and O–H groups in total. The number of rotatable bonds is 8. The number of carbonyl (C=O) groups excluding carboxylic acids is 2. The van der Waals surface area contributed by atoms with Gasteiger partial charge in [-0.2, -0.15) is 0 Å². The number of hydrogen-bond acceptors (Lipinski definition) is 5. The molecule has 0 aliphatic heterocycles. The summed E-state index contributed by atoms with van der Waals surface area (Å²) in [6, 6.07) is 2.14. The molecule has 0 bridgehead atoms. The molecule has 0 radical (unpaired) electrons. The van der Waals surface area contributed by atoms with Crippen LogP contribution in [0.1, 0.15) is 17.5 Å². The first-order chi connectivity index (χ1) is 9.95. The van der Waals surface area contributed by atoms with E-state index in [-0.39, 0.29) is 18.9 Å². The minimum absolute atomic E-state index is 0.0799. The molecule has 8 nitrogen and oxygen atoms in total. The fourth-order valence-corrected chi connectivity index (χ4v) is 1.64. The van der Waals surface area contributed by atoms with E-state index in [0.29, 0.717) is 0 Å². The molecule has 21 heavy (non-hydrogen) atoms. The lowest BCUT2D eigenvalue weighted by molar-refractivity contribution is -0.145. The second-order valence-electron chi connectivity index (χ2n) is 4.32. The highest BCUT2D eigenvalue weighted by atomic mass is 16.5. The van der Waals surface area contributed by atoms with E-state index in [1.54, 1.807) is 6.07 Å². The number of nitrogens with one attached hydrogen (secondary N) is 1. The van der Waals surface area contributed by atoms with E-state index >= 15 is 0 Å². The summed E-state index contributed by atoms with van der Waals surface area (Å²) in [5.41, 5.74) is 0. The number of aliphatic carboxylic acids is 1. The maximum Gasteiger partial charge on any atom is 0.323 e. The van der Waals surface area contributed by atoms with Crippen molar-refractivity contribution < 1.29 is 28.6 Å². The molecular weight excluding hydrogens is 280 g/mol. The van der Waals surface area contributed by atoms with Crippen molar-refractivity contribution in [2.75, 3.05) is 26.8 Å². The third kappa shape index (κ3) is 5.27. The molecule has 0 aromatic carbocycles. The second-order valence-corrected chi connectivity index (χ2v) is 4.32. The van der Waals surface area contributed by atoms with Crippen molar-refractivity contribution >= 4 is 17.8 Å². The summed E-state index contributed by atoms with van der Waals surface area (Å²) in [6.45, 7) is 1.36. The highest BCUT2D eigenvalue weighted by molar-refractivity contribution is 5.95. The first-order valence-electron chi connectivity index (χ1n) is 6.29. The van der Waals surface area contributed by atoms with Gasteiger partial charge in [0.1, 0.15) is 12.6 Å². The molecule has 116 valence electrons. The predicted octanol–water partition coefficient (Wildman–Crippen LogP) is -0.0425. The average Bonchev–Trinajstić information content (AvgIpc) is 2.96. The molecule has 1 rings (SSSR count). The zero-order chi connectivity index (χ0) is 15.8. The Morgan fingerprint density at radius 1 is 1.48 bits per heavy atom. The molecule has 1 heterocycles. The van der Waals surface area contributed by atoms with Crippen LogP contribution in [0, 0.1) is 0 Å². The number of furan rings is 1. The van der Waals surface area contributed by atoms with Gasteiger partial charge in [0.25, 0.3) is 5.91 Å². The quantitative estimate of drug-likeness (QED) is 0.697. The summed E-state index contributed by atoms with van der Waals surface area (Å²) in [5.74, 6) is -2.10. The summed E-state index contributed by atoms with van der Waals surface area (Å²) >= 11 is 0. The van der Waals surface area contributed by atoms with Gasteiger partial charge in [0.2, 0.25) is 5.91 Å². The van der Waals surface area contributed by atoms with E-state index in [4.69, 9.17) is 14.3 Å². The molecule has 1 aromatic heterocycles. The van der Waals surface area contributed by atoms with Gasteiger partial charge in [-0.3, -0.25) is 14.4 Å². The number of carboxylic acids is 1. The van der Waals surface area contributed by atoms with Gasteiger partial charge in [-0.05, 0) is 19.1 Å². The lowest BCUT2D eigenvalue weighted by Gasteiger charge is -2.24. The summed E-state index contributed by atoms with van der Waals surface area (Å²) in [7, 11) is 1.45. The van der Waals surface area contributed by atoms with Gasteiger partial charge < -0.3 is 24.5 Å². The molecule has 0 fully saturated rings. The molecule has 8 heteroatoms. The third-order valence-corrected chi connectivity index (χ3v) is 2.67. The van der Waals surface area contributed by atoms with E-state index < -0.39 is 30.4 Å². The number of carbonyl (C=O) groups is 3. The van der Waals surface area contributed by atoms with Crippen molar-refractivity contribution in [3.63, 3.8) is 0 Å². The van der Waals surface area contributed by atoms with Crippen LogP contribution in [0.5, 0.6) is 0 Å². The fraction of sp³-hybridized carbons (Fsp3) is 0.462. The Morgan fingerprint density at radius 2 is 2.19 bits per heavy atom. The van der Waals surface area contributed by atoms with Gasteiger partial charge in [0.05, 0.1) is 12.9 Å². The van der Waals surface area contributed by atoms with E-state index in [1.165, 1.54) is 26.4 Å². The number of ether oxygens (including phenoxy) is 1. The van der Waals surface area contributed by atoms with Crippen molar-refractivity contribution in [1.82, 2.24) is 10.2 Å². The van der Waals surface area contributed by atoms with E-state index in [1.807, 2.05) is 0 Å². The van der Waals surface area contributed by atoms with E-state index in [9.17, 15) is 14.4 Å². The number of amides is 2. The maximum atomic E-state index is 12.2. The number of methoxy groups -OCH3 is 1. The molecule has 1 atom stereocenters. The molecule has 0 saturated heterocycles. The monoisotopic (exact) mass is 298 g/mol. The first kappa shape index (κ1) is 16.7. The first-order valence-corrected chi connectivity index (χ1v) is 6.29. The molecule has 1 aromatic rings. The highest BCUT2D eigenvalue weighted by Crippen LogP contribution is 2.02. The predicted molar refractivity (Wildman–Crippen MR) is 71.7 cm³/mol. The number of nitrogens with zero attached hydrogens (tertiary/aromatic N) is 1. The van der Waals surface area contributed by atoms with E-state index in [2.05, 4.69) is 5.32 Å². The largest absolute Gasteiger partial charge is 0.480 e. The molecule has 0 saturated carbocycles. The molecule has 1 unspecified atom stereocenters. The van der Waals surface area contributed by atoms with Crippen molar-refractivity contribution in [3.8, 4) is 0 Å². The second kappa shape index (κ2) is 8.05. The number of hydrogen-bond donors (Lipinski definition) is 2. The van der Waals surface area contributed by atoms with Crippen LogP contribution < -0.4 is 5.32 Å². The van der Waals surface area contributed by atoms with Gasteiger partial charge in [-0.1, -0.05) is 0 Å². The highest BCUT2D eigenvalue weighted by Gasteiger charge is 2.24. The third-order valence-electron chi connectivity index (χ3n) is 2.67. The fourth-order valence-electron chi connectivity index (χ4n) is 1.64. The summed E-state index contributed by atoms with van der Waals surface area (Å²) in [6.07, 6.45) is 1.34. The van der Waals surface area contributed by atoms with Crippen LogP contribution in [0.4, 0.5) is 0 Å². The maximum absolute atomic E-state index is 12.2. The Hall–Kier alpha value is -2.35. The van der Waals surface area contributed by atoms with Crippen LogP contribution >= 0.6 is 0 Å².